The van der Waals surface area contributed by atoms with Gasteiger partial charge in [-0.15, -0.1) is 24.0 Å². The van der Waals surface area contributed by atoms with Crippen molar-refractivity contribution in [1.29, 1.82) is 0 Å². The Labute approximate surface area is 206 Å². The molecule has 2 aromatic carbocycles. The van der Waals surface area contributed by atoms with E-state index in [0.717, 1.165) is 44.3 Å². The lowest BCUT2D eigenvalue weighted by molar-refractivity contribution is -0.0502. The smallest absolute Gasteiger partial charge is 0.238 e. The molecule has 0 saturated carbocycles. The maximum absolute atomic E-state index is 11.6. The normalized spacial score (nSPS) is 21.7. The molecule has 4 rings (SSSR count). The van der Waals surface area contributed by atoms with E-state index in [9.17, 15) is 8.42 Å². The minimum atomic E-state index is -3.72. The van der Waals surface area contributed by atoms with Gasteiger partial charge in [-0.25, -0.2) is 13.6 Å². The molecule has 174 valence electrons. The highest BCUT2D eigenvalue weighted by Gasteiger charge is 2.41. The van der Waals surface area contributed by atoms with Crippen LogP contribution in [0.25, 0.3) is 0 Å². The van der Waals surface area contributed by atoms with E-state index >= 15 is 0 Å². The summed E-state index contributed by atoms with van der Waals surface area (Å²) in [7, 11) is -1.96. The second-order valence-corrected chi connectivity index (χ2v) is 9.49. The molecule has 8 nitrogen and oxygen atoms in total. The summed E-state index contributed by atoms with van der Waals surface area (Å²) in [5.74, 6) is 0.777. The second kappa shape index (κ2) is 10.9. The third kappa shape index (κ3) is 5.98. The number of halogens is 1. The number of benzene rings is 2. The molecule has 0 amide bonds. The number of sulfonamides is 1. The van der Waals surface area contributed by atoms with Crippen LogP contribution in [0, 0.1) is 0 Å². The van der Waals surface area contributed by atoms with Crippen molar-refractivity contribution in [3.63, 3.8) is 0 Å². The standard InChI is InChI=1S/C22H29N5O3S.HI/c1-24-22(25-13-18-8-5-9-19(12-18)31(23,28)29)27-15-20-21(16-27)30-11-10-26(20)14-17-6-3-2-4-7-17;/h2-9,12,20-21H,10-11,13-16H2,1H3,(H,24,25)(H2,23,28,29);1H. The highest BCUT2D eigenvalue weighted by molar-refractivity contribution is 14.0. The lowest BCUT2D eigenvalue weighted by Gasteiger charge is -2.36. The van der Waals surface area contributed by atoms with Crippen LogP contribution in [0.4, 0.5) is 0 Å². The monoisotopic (exact) mass is 571 g/mol. The van der Waals surface area contributed by atoms with Crippen molar-refractivity contribution in [3.05, 3.63) is 65.7 Å². The molecule has 2 heterocycles. The number of primary sulfonamides is 1. The average molecular weight is 571 g/mol. The molecule has 2 saturated heterocycles. The second-order valence-electron chi connectivity index (χ2n) is 7.93. The molecule has 2 atom stereocenters. The number of ether oxygens (including phenoxy) is 1. The Morgan fingerprint density at radius 2 is 1.91 bits per heavy atom. The molecule has 2 aromatic rings. The quantitative estimate of drug-likeness (QED) is 0.322. The van der Waals surface area contributed by atoms with E-state index in [4.69, 9.17) is 9.88 Å². The SMILES string of the molecule is CN=C(NCc1cccc(S(N)(=O)=O)c1)N1CC2OCCN(Cc3ccccc3)C2C1.I. The van der Waals surface area contributed by atoms with Gasteiger partial charge in [-0.2, -0.15) is 0 Å². The third-order valence-electron chi connectivity index (χ3n) is 5.83. The van der Waals surface area contributed by atoms with Crippen molar-refractivity contribution in [2.75, 3.05) is 33.3 Å². The molecule has 0 bridgehead atoms. The largest absolute Gasteiger partial charge is 0.373 e. The maximum Gasteiger partial charge on any atom is 0.238 e. The number of nitrogens with zero attached hydrogens (tertiary/aromatic N) is 3. The van der Waals surface area contributed by atoms with Crippen molar-refractivity contribution < 1.29 is 13.2 Å². The number of guanidine groups is 1. The molecule has 0 aliphatic carbocycles. The number of aliphatic imine (C=N–C) groups is 1. The predicted octanol–water partition coefficient (Wildman–Crippen LogP) is 1.61. The number of morpholine rings is 1. The fourth-order valence-electron chi connectivity index (χ4n) is 4.29. The predicted molar refractivity (Wildman–Crippen MR) is 135 cm³/mol. The van der Waals surface area contributed by atoms with Gasteiger partial charge in [0.15, 0.2) is 5.96 Å². The van der Waals surface area contributed by atoms with Gasteiger partial charge >= 0.3 is 0 Å². The van der Waals surface area contributed by atoms with Gasteiger partial charge in [0.2, 0.25) is 10.0 Å². The van der Waals surface area contributed by atoms with Crippen LogP contribution in [0.2, 0.25) is 0 Å². The molecule has 2 aliphatic heterocycles. The van der Waals surface area contributed by atoms with Crippen LogP contribution < -0.4 is 10.5 Å². The maximum atomic E-state index is 11.6. The van der Waals surface area contributed by atoms with E-state index in [1.54, 1.807) is 19.2 Å². The zero-order valence-corrected chi connectivity index (χ0v) is 21.2. The van der Waals surface area contributed by atoms with Crippen molar-refractivity contribution in [3.8, 4) is 0 Å². The van der Waals surface area contributed by atoms with Crippen molar-refractivity contribution in [2.24, 2.45) is 10.1 Å². The molecule has 32 heavy (non-hydrogen) atoms. The van der Waals surface area contributed by atoms with Crippen molar-refractivity contribution in [1.82, 2.24) is 15.1 Å². The first-order valence-corrected chi connectivity index (χ1v) is 12.0. The highest BCUT2D eigenvalue weighted by Crippen LogP contribution is 2.24. The Balaban J connectivity index is 0.00000289. The van der Waals surface area contributed by atoms with E-state index < -0.39 is 10.0 Å². The van der Waals surface area contributed by atoms with Gasteiger partial charge in [-0.3, -0.25) is 9.89 Å². The Morgan fingerprint density at radius 3 is 2.62 bits per heavy atom. The molecule has 2 unspecified atom stereocenters. The summed E-state index contributed by atoms with van der Waals surface area (Å²) >= 11 is 0. The number of rotatable bonds is 5. The lowest BCUT2D eigenvalue weighted by Crippen LogP contribution is -2.50. The summed E-state index contributed by atoms with van der Waals surface area (Å²) < 4.78 is 29.3. The molecular weight excluding hydrogens is 541 g/mol. The van der Waals surface area contributed by atoms with E-state index in [0.29, 0.717) is 12.6 Å². The molecule has 3 N–H and O–H groups in total. The van der Waals surface area contributed by atoms with E-state index in [-0.39, 0.29) is 35.0 Å². The number of fused-ring (bicyclic) bond motifs is 1. The van der Waals surface area contributed by atoms with Crippen molar-refractivity contribution >= 4 is 40.0 Å². The van der Waals surface area contributed by atoms with Gasteiger partial charge in [0.1, 0.15) is 0 Å². The number of nitrogens with two attached hydrogens (primary N) is 1. The van der Waals surface area contributed by atoms with Crippen LogP contribution in [-0.2, 0) is 27.8 Å². The van der Waals surface area contributed by atoms with Gasteiger partial charge in [0.25, 0.3) is 0 Å². The fraction of sp³-hybridized carbons (Fsp3) is 0.409. The van der Waals surface area contributed by atoms with Gasteiger partial charge < -0.3 is 15.0 Å². The first kappa shape index (κ1) is 24.9. The van der Waals surface area contributed by atoms with Crippen LogP contribution >= 0.6 is 24.0 Å². The minimum Gasteiger partial charge on any atom is -0.373 e. The van der Waals surface area contributed by atoms with E-state index in [2.05, 4.69) is 44.4 Å². The first-order chi connectivity index (χ1) is 14.9. The number of nitrogens with one attached hydrogen (secondary N) is 1. The fourth-order valence-corrected chi connectivity index (χ4v) is 4.88. The molecule has 10 heteroatoms. The summed E-state index contributed by atoms with van der Waals surface area (Å²) in [6, 6.07) is 17.5. The zero-order valence-electron chi connectivity index (χ0n) is 18.1. The molecule has 0 spiro atoms. The van der Waals surface area contributed by atoms with Gasteiger partial charge in [-0.1, -0.05) is 42.5 Å². The number of hydrogen-bond donors (Lipinski definition) is 2. The molecular formula is C22H30IN5O3S. The van der Waals surface area contributed by atoms with Crippen LogP contribution in [0.5, 0.6) is 0 Å². The van der Waals surface area contributed by atoms with Crippen molar-refractivity contribution in [2.45, 2.75) is 30.1 Å². The minimum absolute atomic E-state index is 0. The van der Waals surface area contributed by atoms with Crippen LogP contribution in [0.1, 0.15) is 11.1 Å². The number of likely N-dealkylation sites (tertiary alicyclic amines) is 1. The third-order valence-corrected chi connectivity index (χ3v) is 6.74. The number of hydrogen-bond acceptors (Lipinski definition) is 5. The van der Waals surface area contributed by atoms with E-state index in [1.807, 2.05) is 12.1 Å². The van der Waals surface area contributed by atoms with Crippen LogP contribution in [0.3, 0.4) is 0 Å². The average Bonchev–Trinajstić information content (AvgIpc) is 3.20. The van der Waals surface area contributed by atoms with Gasteiger partial charge in [0, 0.05) is 39.8 Å². The summed E-state index contributed by atoms with van der Waals surface area (Å²) in [5.41, 5.74) is 2.13. The van der Waals surface area contributed by atoms with Gasteiger partial charge in [0.05, 0.1) is 23.6 Å². The topological polar surface area (TPSA) is 100 Å². The Bertz CT molecular complexity index is 1030. The van der Waals surface area contributed by atoms with Crippen LogP contribution in [-0.4, -0.2) is 69.6 Å². The molecule has 2 fully saturated rings. The summed E-state index contributed by atoms with van der Waals surface area (Å²) in [4.78, 5) is 9.25. The molecule has 0 radical (unpaired) electrons. The summed E-state index contributed by atoms with van der Waals surface area (Å²) in [6.45, 7) is 4.60. The summed E-state index contributed by atoms with van der Waals surface area (Å²) in [6.07, 6.45) is 0.140. The van der Waals surface area contributed by atoms with Crippen LogP contribution in [0.15, 0.2) is 64.5 Å². The Hall–Kier alpha value is -1.73. The highest BCUT2D eigenvalue weighted by atomic mass is 127. The Morgan fingerprint density at radius 1 is 1.16 bits per heavy atom. The lowest BCUT2D eigenvalue weighted by atomic mass is 10.1. The molecule has 2 aliphatic rings. The summed E-state index contributed by atoms with van der Waals surface area (Å²) in [5, 5.41) is 8.59. The molecule has 0 aromatic heterocycles. The zero-order chi connectivity index (χ0) is 21.8. The Kier molecular flexibility index (Phi) is 8.50. The van der Waals surface area contributed by atoms with Gasteiger partial charge in [-0.05, 0) is 23.3 Å². The first-order valence-electron chi connectivity index (χ1n) is 10.4. The van der Waals surface area contributed by atoms with E-state index in [1.165, 1.54) is 11.6 Å².